The van der Waals surface area contributed by atoms with Gasteiger partial charge in [-0.2, -0.15) is 0 Å². The first kappa shape index (κ1) is 13.4. The first-order valence-corrected chi connectivity index (χ1v) is 8.56. The van der Waals surface area contributed by atoms with Crippen LogP contribution in [0.2, 0.25) is 0 Å². The van der Waals surface area contributed by atoms with Crippen molar-refractivity contribution in [3.05, 3.63) is 65.2 Å². The highest BCUT2D eigenvalue weighted by Crippen LogP contribution is 2.43. The second kappa shape index (κ2) is 5.48. The molecule has 0 radical (unpaired) electrons. The van der Waals surface area contributed by atoms with E-state index in [1.54, 1.807) is 0 Å². The summed E-state index contributed by atoms with van der Waals surface area (Å²) < 4.78 is 0. The molecule has 4 rings (SSSR count). The summed E-state index contributed by atoms with van der Waals surface area (Å²) in [6.07, 6.45) is 0. The van der Waals surface area contributed by atoms with Crippen LogP contribution >= 0.6 is 11.8 Å². The lowest BCUT2D eigenvalue weighted by atomic mass is 9.90. The van der Waals surface area contributed by atoms with Crippen molar-refractivity contribution in [1.82, 2.24) is 10.2 Å². The molecule has 0 saturated carbocycles. The molecule has 2 aliphatic heterocycles. The molecule has 0 aliphatic carbocycles. The van der Waals surface area contributed by atoms with Gasteiger partial charge in [0.15, 0.2) is 0 Å². The van der Waals surface area contributed by atoms with Gasteiger partial charge in [-0.05, 0) is 29.8 Å². The van der Waals surface area contributed by atoms with Crippen LogP contribution in [0.4, 0.5) is 0 Å². The Morgan fingerprint density at radius 3 is 2.52 bits per heavy atom. The maximum absolute atomic E-state index is 3.39. The second-order valence-electron chi connectivity index (χ2n) is 5.87. The van der Waals surface area contributed by atoms with Crippen molar-refractivity contribution in [3.8, 4) is 0 Å². The van der Waals surface area contributed by atoms with Gasteiger partial charge in [0.25, 0.3) is 0 Å². The average Bonchev–Trinajstić information content (AvgIpc) is 2.64. The van der Waals surface area contributed by atoms with E-state index in [4.69, 9.17) is 0 Å². The van der Waals surface area contributed by atoms with Gasteiger partial charge < -0.3 is 5.32 Å². The summed E-state index contributed by atoms with van der Waals surface area (Å²) in [4.78, 5) is 4.04. The molecule has 0 amide bonds. The smallest absolute Gasteiger partial charge is 0.0616 e. The van der Waals surface area contributed by atoms with Crippen molar-refractivity contribution in [3.63, 3.8) is 0 Å². The SMILES string of the molecule is CNC1CN(C2c3ccccc3CSc3ccccc32)C1. The third-order valence-corrected chi connectivity index (χ3v) is 5.77. The first-order chi connectivity index (χ1) is 10.4. The summed E-state index contributed by atoms with van der Waals surface area (Å²) in [5.74, 6) is 1.08. The normalized spacial score (nSPS) is 22.0. The van der Waals surface area contributed by atoms with Crippen LogP contribution in [0.15, 0.2) is 53.4 Å². The van der Waals surface area contributed by atoms with E-state index in [0.717, 1.165) is 18.8 Å². The molecule has 1 unspecified atom stereocenters. The molecule has 0 spiro atoms. The molecule has 0 aromatic heterocycles. The zero-order valence-corrected chi connectivity index (χ0v) is 13.1. The third-order valence-electron chi connectivity index (χ3n) is 4.63. The predicted molar refractivity (Wildman–Crippen MR) is 88.7 cm³/mol. The van der Waals surface area contributed by atoms with E-state index in [-0.39, 0.29) is 0 Å². The van der Waals surface area contributed by atoms with E-state index in [1.807, 2.05) is 11.8 Å². The van der Waals surface area contributed by atoms with Gasteiger partial charge in [0.05, 0.1) is 6.04 Å². The van der Waals surface area contributed by atoms with Crippen LogP contribution in [0.25, 0.3) is 0 Å². The quantitative estimate of drug-likeness (QED) is 0.915. The molecule has 3 heteroatoms. The topological polar surface area (TPSA) is 15.3 Å². The number of fused-ring (bicyclic) bond motifs is 2. The van der Waals surface area contributed by atoms with Crippen LogP contribution in [0, 0.1) is 0 Å². The molecule has 21 heavy (non-hydrogen) atoms. The van der Waals surface area contributed by atoms with Gasteiger partial charge in [-0.1, -0.05) is 42.5 Å². The Balaban J connectivity index is 1.79. The van der Waals surface area contributed by atoms with Crippen LogP contribution < -0.4 is 5.32 Å². The first-order valence-electron chi connectivity index (χ1n) is 7.57. The van der Waals surface area contributed by atoms with E-state index in [2.05, 4.69) is 65.8 Å². The minimum Gasteiger partial charge on any atom is -0.315 e. The zero-order chi connectivity index (χ0) is 14.2. The summed E-state index contributed by atoms with van der Waals surface area (Å²) in [5.41, 5.74) is 4.45. The highest BCUT2D eigenvalue weighted by atomic mass is 32.2. The molecule has 1 saturated heterocycles. The number of hydrogen-bond acceptors (Lipinski definition) is 3. The fourth-order valence-electron chi connectivity index (χ4n) is 3.39. The number of benzene rings is 2. The molecule has 108 valence electrons. The van der Waals surface area contributed by atoms with Crippen molar-refractivity contribution in [2.75, 3.05) is 20.1 Å². The van der Waals surface area contributed by atoms with Crippen LogP contribution in [0.1, 0.15) is 22.7 Å². The lowest BCUT2D eigenvalue weighted by Crippen LogP contribution is -2.58. The molecule has 0 bridgehead atoms. The van der Waals surface area contributed by atoms with Crippen LogP contribution in [0.5, 0.6) is 0 Å². The lowest BCUT2D eigenvalue weighted by Gasteiger charge is -2.45. The average molecular weight is 296 g/mol. The minimum atomic E-state index is 0.414. The Morgan fingerprint density at radius 2 is 1.71 bits per heavy atom. The molecule has 1 N–H and O–H groups in total. The highest BCUT2D eigenvalue weighted by Gasteiger charge is 2.36. The van der Waals surface area contributed by atoms with Crippen LogP contribution in [-0.2, 0) is 5.75 Å². The zero-order valence-electron chi connectivity index (χ0n) is 12.3. The maximum atomic E-state index is 3.39. The Kier molecular flexibility index (Phi) is 3.49. The second-order valence-corrected chi connectivity index (χ2v) is 6.88. The van der Waals surface area contributed by atoms with Crippen molar-refractivity contribution >= 4 is 11.8 Å². The van der Waals surface area contributed by atoms with Gasteiger partial charge in [-0.15, -0.1) is 11.8 Å². The van der Waals surface area contributed by atoms with Gasteiger partial charge >= 0.3 is 0 Å². The summed E-state index contributed by atoms with van der Waals surface area (Å²) >= 11 is 1.97. The monoisotopic (exact) mass is 296 g/mol. The van der Waals surface area contributed by atoms with Crippen molar-refractivity contribution in [2.24, 2.45) is 0 Å². The number of likely N-dealkylation sites (N-methyl/N-ethyl adjacent to an activating group) is 1. The minimum absolute atomic E-state index is 0.414. The fourth-order valence-corrected chi connectivity index (χ4v) is 4.49. The van der Waals surface area contributed by atoms with Crippen molar-refractivity contribution in [2.45, 2.75) is 22.7 Å². The van der Waals surface area contributed by atoms with Crippen LogP contribution in [0.3, 0.4) is 0 Å². The molecule has 2 heterocycles. The molecular formula is C18H20N2S. The van der Waals surface area contributed by atoms with Gasteiger partial charge in [-0.3, -0.25) is 4.90 Å². The van der Waals surface area contributed by atoms with Gasteiger partial charge in [0.1, 0.15) is 0 Å². The van der Waals surface area contributed by atoms with E-state index in [0.29, 0.717) is 12.1 Å². The van der Waals surface area contributed by atoms with Gasteiger partial charge in [0.2, 0.25) is 0 Å². The largest absolute Gasteiger partial charge is 0.315 e. The Bertz CT molecular complexity index is 602. The molecule has 2 aromatic carbocycles. The number of nitrogens with zero attached hydrogens (tertiary/aromatic N) is 1. The molecule has 2 aliphatic rings. The number of nitrogens with one attached hydrogen (secondary N) is 1. The molecule has 2 nitrogen and oxygen atoms in total. The predicted octanol–water partition coefficient (Wildman–Crippen LogP) is 3.29. The van der Waals surface area contributed by atoms with E-state index in [1.165, 1.54) is 21.6 Å². The fraction of sp³-hybridized carbons (Fsp3) is 0.333. The van der Waals surface area contributed by atoms with Gasteiger partial charge in [0, 0.05) is 29.8 Å². The van der Waals surface area contributed by atoms with E-state index < -0.39 is 0 Å². The van der Waals surface area contributed by atoms with E-state index in [9.17, 15) is 0 Å². The summed E-state index contributed by atoms with van der Waals surface area (Å²) in [6, 6.07) is 18.9. The number of thioether (sulfide) groups is 1. The number of likely N-dealkylation sites (tertiary alicyclic amines) is 1. The Hall–Kier alpha value is -1.29. The summed E-state index contributed by atoms with van der Waals surface area (Å²) in [5, 5.41) is 3.39. The van der Waals surface area contributed by atoms with E-state index >= 15 is 0 Å². The van der Waals surface area contributed by atoms with Crippen molar-refractivity contribution < 1.29 is 0 Å². The number of hydrogen-bond donors (Lipinski definition) is 1. The third kappa shape index (κ3) is 2.30. The Labute approximate surface area is 130 Å². The molecular weight excluding hydrogens is 276 g/mol. The number of rotatable bonds is 2. The van der Waals surface area contributed by atoms with Gasteiger partial charge in [-0.25, -0.2) is 0 Å². The summed E-state index contributed by atoms with van der Waals surface area (Å²) in [6.45, 7) is 2.27. The molecule has 1 atom stereocenters. The summed E-state index contributed by atoms with van der Waals surface area (Å²) in [7, 11) is 2.06. The standard InChI is InChI=1S/C18H20N2S/c1-19-14-10-20(11-14)18-15-7-3-2-6-13(15)12-21-17-9-5-4-8-16(17)18/h2-9,14,18-19H,10-12H2,1H3. The van der Waals surface area contributed by atoms with Crippen LogP contribution in [-0.4, -0.2) is 31.1 Å². The Morgan fingerprint density at radius 1 is 1.00 bits per heavy atom. The van der Waals surface area contributed by atoms with Crippen molar-refractivity contribution in [1.29, 1.82) is 0 Å². The highest BCUT2D eigenvalue weighted by molar-refractivity contribution is 7.98. The molecule has 2 aromatic rings. The molecule has 1 fully saturated rings. The lowest BCUT2D eigenvalue weighted by molar-refractivity contribution is 0.0964. The maximum Gasteiger partial charge on any atom is 0.0616 e.